The number of benzene rings is 2. The number of hydrogen-bond acceptors (Lipinski definition) is 4. The van der Waals surface area contributed by atoms with Crippen molar-refractivity contribution in [2.45, 2.75) is 17.7 Å². The number of rotatable bonds is 10. The average molecular weight is 348 g/mol. The molecule has 0 aliphatic carbocycles. The lowest BCUT2D eigenvalue weighted by Gasteiger charge is -2.07. The van der Waals surface area contributed by atoms with Crippen LogP contribution < -0.4 is 10.6 Å². The van der Waals surface area contributed by atoms with Crippen LogP contribution in [0.1, 0.15) is 11.1 Å². The van der Waals surface area contributed by atoms with Gasteiger partial charge in [0.1, 0.15) is 0 Å². The summed E-state index contributed by atoms with van der Waals surface area (Å²) in [7, 11) is -4.10. The van der Waals surface area contributed by atoms with E-state index in [9.17, 15) is 8.42 Å². The molecule has 2 aromatic carbocycles. The fourth-order valence-corrected chi connectivity index (χ4v) is 2.85. The summed E-state index contributed by atoms with van der Waals surface area (Å²) in [5.74, 6) is 0. The van der Waals surface area contributed by atoms with Crippen molar-refractivity contribution in [2.75, 3.05) is 26.2 Å². The second kappa shape index (κ2) is 9.54. The van der Waals surface area contributed by atoms with Gasteiger partial charge in [-0.3, -0.25) is 4.55 Å². The van der Waals surface area contributed by atoms with E-state index in [0.29, 0.717) is 0 Å². The first-order valence-corrected chi connectivity index (χ1v) is 9.51. The molecule has 0 atom stereocenters. The van der Waals surface area contributed by atoms with Crippen LogP contribution >= 0.6 is 0 Å². The van der Waals surface area contributed by atoms with Gasteiger partial charge in [0, 0.05) is 13.1 Å². The molecule has 2 aromatic rings. The summed E-state index contributed by atoms with van der Waals surface area (Å²) in [6.45, 7) is 3.58. The summed E-state index contributed by atoms with van der Waals surface area (Å²) in [5, 5.41) is 6.75. The van der Waals surface area contributed by atoms with E-state index in [2.05, 4.69) is 34.9 Å². The Morgan fingerprint density at radius 3 is 1.71 bits per heavy atom. The van der Waals surface area contributed by atoms with Crippen LogP contribution in [-0.4, -0.2) is 39.1 Å². The molecule has 0 saturated heterocycles. The molecule has 0 fully saturated rings. The van der Waals surface area contributed by atoms with Gasteiger partial charge in [0.2, 0.25) is 0 Å². The highest BCUT2D eigenvalue weighted by molar-refractivity contribution is 7.85. The maximum atomic E-state index is 11.0. The van der Waals surface area contributed by atoms with Crippen LogP contribution in [0, 0.1) is 0 Å². The SMILES string of the molecule is O=S(=O)(O)c1ccc(CCNCCNCCc2ccccc2)cc1. The predicted molar refractivity (Wildman–Crippen MR) is 95.8 cm³/mol. The molecule has 2 rings (SSSR count). The first-order chi connectivity index (χ1) is 11.6. The van der Waals surface area contributed by atoms with Crippen LogP contribution in [-0.2, 0) is 23.0 Å². The maximum Gasteiger partial charge on any atom is 0.294 e. The smallest absolute Gasteiger partial charge is 0.294 e. The summed E-state index contributed by atoms with van der Waals surface area (Å²) in [4.78, 5) is -0.0678. The Kier molecular flexibility index (Phi) is 7.39. The van der Waals surface area contributed by atoms with Gasteiger partial charge in [0.25, 0.3) is 10.1 Å². The van der Waals surface area contributed by atoms with E-state index in [1.165, 1.54) is 17.7 Å². The van der Waals surface area contributed by atoms with Gasteiger partial charge in [-0.1, -0.05) is 42.5 Å². The highest BCUT2D eigenvalue weighted by atomic mass is 32.2. The summed E-state index contributed by atoms with van der Waals surface area (Å²) in [5.41, 5.74) is 2.37. The normalized spacial score (nSPS) is 11.5. The van der Waals surface area contributed by atoms with Gasteiger partial charge in [0.05, 0.1) is 4.90 Å². The monoisotopic (exact) mass is 348 g/mol. The van der Waals surface area contributed by atoms with Crippen LogP contribution in [0.25, 0.3) is 0 Å². The molecule has 0 radical (unpaired) electrons. The van der Waals surface area contributed by atoms with Gasteiger partial charge in [0.15, 0.2) is 0 Å². The van der Waals surface area contributed by atoms with Crippen LogP contribution in [0.4, 0.5) is 0 Å². The zero-order chi connectivity index (χ0) is 17.3. The third-order valence-corrected chi connectivity index (χ3v) is 4.59. The van der Waals surface area contributed by atoms with Crippen molar-refractivity contribution in [3.05, 3.63) is 65.7 Å². The summed E-state index contributed by atoms with van der Waals surface area (Å²) < 4.78 is 30.8. The second-order valence-corrected chi connectivity index (χ2v) is 7.03. The van der Waals surface area contributed by atoms with Gasteiger partial charge in [-0.2, -0.15) is 8.42 Å². The quantitative estimate of drug-likeness (QED) is 0.451. The van der Waals surface area contributed by atoms with E-state index in [1.807, 2.05) is 6.07 Å². The summed E-state index contributed by atoms with van der Waals surface area (Å²) in [6, 6.07) is 16.7. The van der Waals surface area contributed by atoms with Crippen molar-refractivity contribution in [1.29, 1.82) is 0 Å². The molecule has 0 heterocycles. The molecule has 0 amide bonds. The zero-order valence-electron chi connectivity index (χ0n) is 13.6. The second-order valence-electron chi connectivity index (χ2n) is 5.60. The van der Waals surface area contributed by atoms with Crippen molar-refractivity contribution in [3.8, 4) is 0 Å². The lowest BCUT2D eigenvalue weighted by atomic mass is 10.1. The van der Waals surface area contributed by atoms with Crippen molar-refractivity contribution in [3.63, 3.8) is 0 Å². The minimum Gasteiger partial charge on any atom is -0.315 e. The number of nitrogens with one attached hydrogen (secondary N) is 2. The van der Waals surface area contributed by atoms with Crippen LogP contribution in [0.2, 0.25) is 0 Å². The average Bonchev–Trinajstić information content (AvgIpc) is 2.58. The molecule has 6 heteroatoms. The lowest BCUT2D eigenvalue weighted by molar-refractivity contribution is 0.483. The van der Waals surface area contributed by atoms with Gasteiger partial charge in [-0.05, 0) is 49.2 Å². The van der Waals surface area contributed by atoms with Crippen molar-refractivity contribution in [1.82, 2.24) is 10.6 Å². The Morgan fingerprint density at radius 1 is 0.708 bits per heavy atom. The van der Waals surface area contributed by atoms with Crippen molar-refractivity contribution < 1.29 is 13.0 Å². The molecule has 5 nitrogen and oxygen atoms in total. The molecule has 0 spiro atoms. The molecular formula is C18H24N2O3S. The van der Waals surface area contributed by atoms with Crippen LogP contribution in [0.5, 0.6) is 0 Å². The molecule has 24 heavy (non-hydrogen) atoms. The first-order valence-electron chi connectivity index (χ1n) is 8.07. The van der Waals surface area contributed by atoms with E-state index in [-0.39, 0.29) is 4.90 Å². The lowest BCUT2D eigenvalue weighted by Crippen LogP contribution is -2.29. The molecule has 0 saturated carbocycles. The van der Waals surface area contributed by atoms with Gasteiger partial charge in [-0.25, -0.2) is 0 Å². The molecule has 0 bridgehead atoms. The Hall–Kier alpha value is -1.73. The number of hydrogen-bond donors (Lipinski definition) is 3. The minimum absolute atomic E-state index is 0.0678. The third kappa shape index (κ3) is 6.80. The molecule has 130 valence electrons. The molecule has 0 aliphatic heterocycles. The van der Waals surface area contributed by atoms with Crippen molar-refractivity contribution in [2.24, 2.45) is 0 Å². The fraction of sp³-hybridized carbons (Fsp3) is 0.333. The minimum atomic E-state index is -4.10. The highest BCUT2D eigenvalue weighted by Crippen LogP contribution is 2.10. The fourth-order valence-electron chi connectivity index (χ4n) is 2.36. The van der Waals surface area contributed by atoms with E-state index < -0.39 is 10.1 Å². The van der Waals surface area contributed by atoms with Gasteiger partial charge < -0.3 is 10.6 Å². The zero-order valence-corrected chi connectivity index (χ0v) is 14.4. The Morgan fingerprint density at radius 2 is 1.21 bits per heavy atom. The molecule has 0 unspecified atom stereocenters. The Bertz CT molecular complexity index is 701. The van der Waals surface area contributed by atoms with E-state index in [4.69, 9.17) is 4.55 Å². The maximum absolute atomic E-state index is 11.0. The third-order valence-electron chi connectivity index (χ3n) is 3.72. The Labute approximate surface area is 143 Å². The molecular weight excluding hydrogens is 324 g/mol. The van der Waals surface area contributed by atoms with Gasteiger partial charge >= 0.3 is 0 Å². The highest BCUT2D eigenvalue weighted by Gasteiger charge is 2.07. The molecule has 3 N–H and O–H groups in total. The van der Waals surface area contributed by atoms with E-state index >= 15 is 0 Å². The summed E-state index contributed by atoms with van der Waals surface area (Å²) in [6.07, 6.45) is 1.84. The Balaban J connectivity index is 1.54. The van der Waals surface area contributed by atoms with Crippen molar-refractivity contribution >= 4 is 10.1 Å². The van der Waals surface area contributed by atoms with Crippen LogP contribution in [0.3, 0.4) is 0 Å². The van der Waals surface area contributed by atoms with Crippen LogP contribution in [0.15, 0.2) is 59.5 Å². The summed E-state index contributed by atoms with van der Waals surface area (Å²) >= 11 is 0. The van der Waals surface area contributed by atoms with E-state index in [0.717, 1.165) is 44.6 Å². The topological polar surface area (TPSA) is 78.4 Å². The largest absolute Gasteiger partial charge is 0.315 e. The molecule has 0 aromatic heterocycles. The standard InChI is InChI=1S/C18H24N2O3S/c21-24(22,23)18-8-6-17(7-9-18)11-13-20-15-14-19-12-10-16-4-2-1-3-5-16/h1-9,19-20H,10-15H2,(H,21,22,23). The molecule has 0 aliphatic rings. The van der Waals surface area contributed by atoms with E-state index in [1.54, 1.807) is 12.1 Å². The predicted octanol–water partition coefficient (Wildman–Crippen LogP) is 1.90. The first kappa shape index (κ1) is 18.6. The van der Waals surface area contributed by atoms with Gasteiger partial charge in [-0.15, -0.1) is 0 Å².